The van der Waals surface area contributed by atoms with Gasteiger partial charge >= 0.3 is 11.9 Å². The monoisotopic (exact) mass is 280 g/mol. The Morgan fingerprint density at radius 1 is 1.15 bits per heavy atom. The SMILES string of the molecule is COC(=O)c1cc(OC)cc(OC)c1/C=C(\C)C(=O)O. The Morgan fingerprint density at radius 3 is 2.25 bits per heavy atom. The second kappa shape index (κ2) is 6.60. The molecule has 0 aromatic heterocycles. The Hall–Kier alpha value is -2.50. The molecular formula is C14H16O6. The van der Waals surface area contributed by atoms with Crippen molar-refractivity contribution in [3.63, 3.8) is 0 Å². The molecule has 0 saturated heterocycles. The number of rotatable bonds is 5. The van der Waals surface area contributed by atoms with Crippen LogP contribution in [0, 0.1) is 0 Å². The van der Waals surface area contributed by atoms with E-state index in [0.717, 1.165) is 0 Å². The lowest BCUT2D eigenvalue weighted by Crippen LogP contribution is -2.07. The maximum absolute atomic E-state index is 11.8. The minimum atomic E-state index is -1.08. The molecule has 108 valence electrons. The van der Waals surface area contributed by atoms with Gasteiger partial charge in [0.1, 0.15) is 11.5 Å². The van der Waals surface area contributed by atoms with Crippen molar-refractivity contribution in [3.05, 3.63) is 28.8 Å². The van der Waals surface area contributed by atoms with Gasteiger partial charge in [0, 0.05) is 17.2 Å². The van der Waals surface area contributed by atoms with Crippen molar-refractivity contribution < 1.29 is 28.9 Å². The molecule has 0 aliphatic heterocycles. The smallest absolute Gasteiger partial charge is 0.338 e. The third-order valence-corrected chi connectivity index (χ3v) is 2.67. The number of hydrogen-bond acceptors (Lipinski definition) is 5. The first-order valence-electron chi connectivity index (χ1n) is 5.70. The van der Waals surface area contributed by atoms with Gasteiger partial charge in [0.15, 0.2) is 0 Å². The van der Waals surface area contributed by atoms with Crippen LogP contribution in [-0.2, 0) is 9.53 Å². The molecule has 1 rings (SSSR count). The summed E-state index contributed by atoms with van der Waals surface area (Å²) < 4.78 is 14.9. The van der Waals surface area contributed by atoms with E-state index in [2.05, 4.69) is 0 Å². The molecule has 0 heterocycles. The van der Waals surface area contributed by atoms with Crippen LogP contribution < -0.4 is 9.47 Å². The van der Waals surface area contributed by atoms with Crippen LogP contribution in [0.4, 0.5) is 0 Å². The maximum Gasteiger partial charge on any atom is 0.338 e. The van der Waals surface area contributed by atoms with E-state index in [1.54, 1.807) is 6.07 Å². The van der Waals surface area contributed by atoms with E-state index in [1.807, 2.05) is 0 Å². The maximum atomic E-state index is 11.8. The van der Waals surface area contributed by atoms with Gasteiger partial charge in [0.05, 0.1) is 26.9 Å². The van der Waals surface area contributed by atoms with Gasteiger partial charge in [-0.3, -0.25) is 0 Å². The summed E-state index contributed by atoms with van der Waals surface area (Å²) >= 11 is 0. The quantitative estimate of drug-likeness (QED) is 0.656. The second-order valence-electron chi connectivity index (χ2n) is 3.91. The van der Waals surface area contributed by atoms with Crippen LogP contribution in [0.5, 0.6) is 11.5 Å². The van der Waals surface area contributed by atoms with Gasteiger partial charge in [-0.1, -0.05) is 0 Å². The minimum absolute atomic E-state index is 0.0682. The number of hydrogen-bond donors (Lipinski definition) is 1. The highest BCUT2D eigenvalue weighted by molar-refractivity contribution is 5.99. The predicted octanol–water partition coefficient (Wildman–Crippen LogP) is 1.98. The van der Waals surface area contributed by atoms with Crippen molar-refractivity contribution in [1.82, 2.24) is 0 Å². The fraction of sp³-hybridized carbons (Fsp3) is 0.286. The molecule has 0 atom stereocenters. The van der Waals surface area contributed by atoms with Crippen molar-refractivity contribution in [3.8, 4) is 11.5 Å². The zero-order valence-electron chi connectivity index (χ0n) is 11.7. The molecule has 1 aromatic carbocycles. The second-order valence-corrected chi connectivity index (χ2v) is 3.91. The number of carbonyl (C=O) groups excluding carboxylic acids is 1. The molecule has 0 aliphatic rings. The average molecular weight is 280 g/mol. The van der Waals surface area contributed by atoms with E-state index >= 15 is 0 Å². The third kappa shape index (κ3) is 3.28. The Morgan fingerprint density at radius 2 is 1.80 bits per heavy atom. The van der Waals surface area contributed by atoms with Gasteiger partial charge in [-0.15, -0.1) is 0 Å². The number of esters is 1. The largest absolute Gasteiger partial charge is 0.497 e. The minimum Gasteiger partial charge on any atom is -0.497 e. The van der Waals surface area contributed by atoms with Crippen molar-refractivity contribution in [2.24, 2.45) is 0 Å². The Labute approximate surface area is 116 Å². The van der Waals surface area contributed by atoms with Gasteiger partial charge in [-0.05, 0) is 19.1 Å². The first-order chi connectivity index (χ1) is 9.44. The fourth-order valence-corrected chi connectivity index (χ4v) is 1.59. The number of carbonyl (C=O) groups is 2. The Bertz CT molecular complexity index is 559. The highest BCUT2D eigenvalue weighted by Gasteiger charge is 2.18. The lowest BCUT2D eigenvalue weighted by molar-refractivity contribution is -0.132. The Kier molecular flexibility index (Phi) is 5.14. The third-order valence-electron chi connectivity index (χ3n) is 2.67. The summed E-state index contributed by atoms with van der Waals surface area (Å²) in [7, 11) is 4.11. The summed E-state index contributed by atoms with van der Waals surface area (Å²) in [6.45, 7) is 1.42. The molecule has 0 amide bonds. The highest BCUT2D eigenvalue weighted by Crippen LogP contribution is 2.31. The zero-order chi connectivity index (χ0) is 15.3. The fourth-order valence-electron chi connectivity index (χ4n) is 1.59. The van der Waals surface area contributed by atoms with E-state index < -0.39 is 11.9 Å². The summed E-state index contributed by atoms with van der Waals surface area (Å²) in [5.74, 6) is -0.956. The molecule has 0 fully saturated rings. The van der Waals surface area contributed by atoms with Gasteiger partial charge in [0.25, 0.3) is 0 Å². The van der Waals surface area contributed by atoms with Crippen LogP contribution >= 0.6 is 0 Å². The van der Waals surface area contributed by atoms with Crippen LogP contribution in [0.25, 0.3) is 6.08 Å². The molecule has 20 heavy (non-hydrogen) atoms. The molecule has 1 aromatic rings. The number of methoxy groups -OCH3 is 3. The molecule has 0 saturated carbocycles. The normalized spacial score (nSPS) is 10.9. The molecule has 0 unspecified atom stereocenters. The number of aliphatic carboxylic acids is 1. The van der Waals surface area contributed by atoms with E-state index in [-0.39, 0.29) is 11.1 Å². The standard InChI is InChI=1S/C14H16O6/c1-8(13(15)16)5-10-11(14(17)20-4)6-9(18-2)7-12(10)19-3/h5-7H,1-4H3,(H,15,16)/b8-5+. The van der Waals surface area contributed by atoms with Gasteiger partial charge in [-0.2, -0.15) is 0 Å². The summed E-state index contributed by atoms with van der Waals surface area (Å²) in [4.78, 5) is 22.7. The summed E-state index contributed by atoms with van der Waals surface area (Å²) in [5, 5.41) is 8.94. The van der Waals surface area contributed by atoms with E-state index in [0.29, 0.717) is 17.1 Å². The van der Waals surface area contributed by atoms with E-state index in [4.69, 9.17) is 19.3 Å². The van der Waals surface area contributed by atoms with Crippen LogP contribution in [0.2, 0.25) is 0 Å². The lowest BCUT2D eigenvalue weighted by Gasteiger charge is -2.12. The molecule has 6 heteroatoms. The highest BCUT2D eigenvalue weighted by atomic mass is 16.5. The molecule has 0 bridgehead atoms. The first-order valence-corrected chi connectivity index (χ1v) is 5.70. The zero-order valence-corrected chi connectivity index (χ0v) is 11.7. The number of carboxylic acids is 1. The lowest BCUT2D eigenvalue weighted by atomic mass is 10.0. The molecule has 6 nitrogen and oxygen atoms in total. The summed E-state index contributed by atoms with van der Waals surface area (Å²) in [6, 6.07) is 3.03. The predicted molar refractivity (Wildman–Crippen MR) is 72.2 cm³/mol. The molecular weight excluding hydrogens is 264 g/mol. The van der Waals surface area contributed by atoms with Crippen LogP contribution in [0.15, 0.2) is 17.7 Å². The average Bonchev–Trinajstić information content (AvgIpc) is 2.46. The number of carboxylic acid groups (broad SMARTS) is 1. The molecule has 1 N–H and O–H groups in total. The van der Waals surface area contributed by atoms with Crippen molar-refractivity contribution >= 4 is 18.0 Å². The van der Waals surface area contributed by atoms with Gasteiger partial charge in [0.2, 0.25) is 0 Å². The van der Waals surface area contributed by atoms with Crippen molar-refractivity contribution in [2.75, 3.05) is 21.3 Å². The molecule has 0 spiro atoms. The van der Waals surface area contributed by atoms with Crippen LogP contribution in [0.3, 0.4) is 0 Å². The molecule has 0 radical (unpaired) electrons. The Balaban J connectivity index is 3.56. The van der Waals surface area contributed by atoms with Crippen molar-refractivity contribution in [2.45, 2.75) is 6.92 Å². The first kappa shape index (κ1) is 15.6. The number of ether oxygens (including phenoxy) is 3. The summed E-state index contributed by atoms with van der Waals surface area (Å²) in [6.07, 6.45) is 1.35. The van der Waals surface area contributed by atoms with Crippen molar-refractivity contribution in [1.29, 1.82) is 0 Å². The van der Waals surface area contributed by atoms with Crippen LogP contribution in [-0.4, -0.2) is 38.4 Å². The van der Waals surface area contributed by atoms with Crippen LogP contribution in [0.1, 0.15) is 22.8 Å². The summed E-state index contributed by atoms with van der Waals surface area (Å²) in [5.41, 5.74) is 0.572. The van der Waals surface area contributed by atoms with Gasteiger partial charge in [-0.25, -0.2) is 9.59 Å². The molecule has 0 aliphatic carbocycles. The topological polar surface area (TPSA) is 82.1 Å². The van der Waals surface area contributed by atoms with E-state index in [9.17, 15) is 9.59 Å². The van der Waals surface area contributed by atoms with E-state index in [1.165, 1.54) is 40.4 Å². The number of benzene rings is 1. The van der Waals surface area contributed by atoms with Gasteiger partial charge < -0.3 is 19.3 Å².